The number of carbonyl (C=O) groups is 1. The minimum Gasteiger partial charge on any atom is -0.387 e. The molecule has 0 radical (unpaired) electrons. The van der Waals surface area contributed by atoms with E-state index in [9.17, 15) is 19.4 Å². The summed E-state index contributed by atoms with van der Waals surface area (Å²) in [6.07, 6.45) is 94.1. The van der Waals surface area contributed by atoms with Crippen LogP contribution in [0.3, 0.4) is 0 Å². The number of quaternary nitrogens is 1. The zero-order chi connectivity index (χ0) is 61.2. The third kappa shape index (κ3) is 66.9. The number of amides is 1. The summed E-state index contributed by atoms with van der Waals surface area (Å²) in [7, 11) is 1.57. The molecule has 0 aromatic carbocycles. The molecule has 0 aliphatic rings. The fraction of sp³-hybridized carbons (Fsp3) is 0.773. The van der Waals surface area contributed by atoms with E-state index in [1.165, 1.54) is 212 Å². The zero-order valence-electron chi connectivity index (χ0n) is 55.9. The second kappa shape index (κ2) is 64.9. The van der Waals surface area contributed by atoms with E-state index in [2.05, 4.69) is 104 Å². The Labute approximate surface area is 521 Å². The molecule has 0 aromatic heterocycles. The van der Waals surface area contributed by atoms with Crippen LogP contribution in [-0.2, 0) is 18.4 Å². The van der Waals surface area contributed by atoms with Gasteiger partial charge in [-0.1, -0.05) is 336 Å². The Hall–Kier alpha value is -2.58. The van der Waals surface area contributed by atoms with Crippen molar-refractivity contribution in [1.29, 1.82) is 0 Å². The van der Waals surface area contributed by atoms with Gasteiger partial charge in [0.05, 0.1) is 39.9 Å². The van der Waals surface area contributed by atoms with Gasteiger partial charge in [0.2, 0.25) is 5.91 Å². The minimum absolute atomic E-state index is 0.0564. The summed E-state index contributed by atoms with van der Waals surface area (Å²) in [6, 6.07) is -0.858. The monoisotopic (exact) mass is 1190 g/mol. The molecule has 3 N–H and O–H groups in total. The zero-order valence-corrected chi connectivity index (χ0v) is 56.8. The van der Waals surface area contributed by atoms with E-state index in [0.717, 1.165) is 89.9 Å². The molecule has 0 fully saturated rings. The van der Waals surface area contributed by atoms with Crippen molar-refractivity contribution in [2.75, 3.05) is 40.9 Å². The maximum Gasteiger partial charge on any atom is 0.472 e. The molecule has 0 aromatic rings. The lowest BCUT2D eigenvalue weighted by molar-refractivity contribution is -0.870. The Balaban J connectivity index is 4.11. The topological polar surface area (TPSA) is 105 Å². The predicted octanol–water partition coefficient (Wildman–Crippen LogP) is 22.9. The van der Waals surface area contributed by atoms with Crippen LogP contribution in [0.25, 0.3) is 0 Å². The first-order valence-corrected chi connectivity index (χ1v) is 37.1. The first-order chi connectivity index (χ1) is 41.0. The molecule has 0 spiro atoms. The van der Waals surface area contributed by atoms with E-state index in [-0.39, 0.29) is 19.1 Å². The molecular formula is C75H138N2O6P+. The molecule has 0 aliphatic carbocycles. The van der Waals surface area contributed by atoms with E-state index in [1.54, 1.807) is 6.08 Å². The van der Waals surface area contributed by atoms with E-state index in [1.807, 2.05) is 27.2 Å². The maximum absolute atomic E-state index is 13.1. The number of carbonyl (C=O) groups excluding carboxylic acids is 1. The Bertz CT molecular complexity index is 1690. The fourth-order valence-corrected chi connectivity index (χ4v) is 11.1. The average Bonchev–Trinajstić information content (AvgIpc) is 3.56. The van der Waals surface area contributed by atoms with Gasteiger partial charge in [-0.2, -0.15) is 0 Å². The second-order valence-electron chi connectivity index (χ2n) is 25.2. The molecule has 3 atom stereocenters. The number of likely N-dealkylation sites (N-methyl/N-ethyl adjacent to an activating group) is 1. The van der Waals surface area contributed by atoms with Crippen molar-refractivity contribution < 1.29 is 32.9 Å². The first kappa shape index (κ1) is 81.4. The van der Waals surface area contributed by atoms with E-state index >= 15 is 0 Å². The summed E-state index contributed by atoms with van der Waals surface area (Å²) in [4.78, 5) is 23.4. The lowest BCUT2D eigenvalue weighted by Gasteiger charge is -2.25. The van der Waals surface area contributed by atoms with Gasteiger partial charge in [-0.05, 0) is 77.0 Å². The summed E-state index contributed by atoms with van der Waals surface area (Å²) in [5, 5.41) is 14.0. The number of nitrogens with zero attached hydrogens (tertiary/aromatic N) is 1. The van der Waals surface area contributed by atoms with Crippen molar-refractivity contribution in [3.8, 4) is 0 Å². The van der Waals surface area contributed by atoms with Gasteiger partial charge in [-0.15, -0.1) is 0 Å². The average molecular weight is 1190 g/mol. The van der Waals surface area contributed by atoms with Gasteiger partial charge in [-0.25, -0.2) is 4.57 Å². The molecule has 0 rings (SSSR count). The molecule has 0 aliphatic heterocycles. The van der Waals surface area contributed by atoms with Crippen LogP contribution >= 0.6 is 7.82 Å². The van der Waals surface area contributed by atoms with E-state index in [0.29, 0.717) is 17.4 Å². The number of phosphoric acid groups is 1. The second-order valence-corrected chi connectivity index (χ2v) is 26.7. The Morgan fingerprint density at radius 1 is 0.417 bits per heavy atom. The molecule has 3 unspecified atom stereocenters. The smallest absolute Gasteiger partial charge is 0.387 e. The van der Waals surface area contributed by atoms with Crippen LogP contribution in [0.5, 0.6) is 0 Å². The lowest BCUT2D eigenvalue weighted by atomic mass is 10.0. The van der Waals surface area contributed by atoms with Gasteiger partial charge in [0.15, 0.2) is 0 Å². The molecule has 488 valence electrons. The third-order valence-corrected chi connectivity index (χ3v) is 16.8. The Morgan fingerprint density at radius 2 is 0.714 bits per heavy atom. The van der Waals surface area contributed by atoms with Crippen LogP contribution in [-0.4, -0.2) is 73.4 Å². The molecule has 0 bridgehead atoms. The van der Waals surface area contributed by atoms with Crippen molar-refractivity contribution >= 4 is 13.7 Å². The van der Waals surface area contributed by atoms with Crippen molar-refractivity contribution in [2.24, 2.45) is 0 Å². The summed E-state index contributed by atoms with van der Waals surface area (Å²) in [5.74, 6) is -0.183. The third-order valence-electron chi connectivity index (χ3n) is 15.8. The van der Waals surface area contributed by atoms with Crippen LogP contribution < -0.4 is 5.32 Å². The molecule has 0 heterocycles. The van der Waals surface area contributed by atoms with Crippen LogP contribution in [0.1, 0.15) is 322 Å². The van der Waals surface area contributed by atoms with Gasteiger partial charge in [-0.3, -0.25) is 13.8 Å². The number of aliphatic hydroxyl groups excluding tert-OH is 1. The number of hydrogen-bond acceptors (Lipinski definition) is 5. The van der Waals surface area contributed by atoms with Gasteiger partial charge >= 0.3 is 7.82 Å². The number of nitrogens with one attached hydrogen (secondary N) is 1. The van der Waals surface area contributed by atoms with Crippen molar-refractivity contribution in [1.82, 2.24) is 5.32 Å². The van der Waals surface area contributed by atoms with Crippen LogP contribution in [0.15, 0.2) is 97.2 Å². The highest BCUT2D eigenvalue weighted by Gasteiger charge is 2.28. The molecular weight excluding hydrogens is 1060 g/mol. The SMILES string of the molecule is CC/C=C\C/C=C\C/C=C\C/C=C\C/C=C\C/C=C\C/C=C\CCCCCCCCCCCC(=O)NC(COP(=O)(O)OCC[N+](C)(C)C)C(O)/C=C/CCCCCCCCCCCCCCCCCCCCCCCCCCCCCCC. The van der Waals surface area contributed by atoms with Crippen LogP contribution in [0.2, 0.25) is 0 Å². The predicted molar refractivity (Wildman–Crippen MR) is 369 cm³/mol. The van der Waals surface area contributed by atoms with E-state index in [4.69, 9.17) is 9.05 Å². The van der Waals surface area contributed by atoms with Crippen LogP contribution in [0.4, 0.5) is 0 Å². The maximum atomic E-state index is 13.1. The fourth-order valence-electron chi connectivity index (χ4n) is 10.3. The number of hydrogen-bond donors (Lipinski definition) is 3. The number of allylic oxidation sites excluding steroid dienone is 15. The number of rotatable bonds is 65. The number of unbranched alkanes of at least 4 members (excludes halogenated alkanes) is 38. The van der Waals surface area contributed by atoms with Gasteiger partial charge in [0.25, 0.3) is 0 Å². The lowest BCUT2D eigenvalue weighted by Crippen LogP contribution is -2.45. The first-order valence-electron chi connectivity index (χ1n) is 35.6. The summed E-state index contributed by atoms with van der Waals surface area (Å²) >= 11 is 0. The summed E-state index contributed by atoms with van der Waals surface area (Å²) in [5.41, 5.74) is 0. The van der Waals surface area contributed by atoms with Gasteiger partial charge < -0.3 is 19.8 Å². The highest BCUT2D eigenvalue weighted by molar-refractivity contribution is 7.47. The number of phosphoric ester groups is 1. The Kier molecular flexibility index (Phi) is 62.9. The van der Waals surface area contributed by atoms with Gasteiger partial charge in [0.1, 0.15) is 13.2 Å². The van der Waals surface area contributed by atoms with E-state index < -0.39 is 20.0 Å². The largest absolute Gasteiger partial charge is 0.472 e. The minimum atomic E-state index is -4.36. The van der Waals surface area contributed by atoms with Gasteiger partial charge in [0, 0.05) is 6.42 Å². The van der Waals surface area contributed by atoms with Crippen molar-refractivity contribution in [3.63, 3.8) is 0 Å². The van der Waals surface area contributed by atoms with Crippen molar-refractivity contribution in [2.45, 2.75) is 334 Å². The molecule has 8 nitrogen and oxygen atoms in total. The summed E-state index contributed by atoms with van der Waals surface area (Å²) in [6.45, 7) is 4.73. The Morgan fingerprint density at radius 3 is 1.05 bits per heavy atom. The molecule has 9 heteroatoms. The highest BCUT2D eigenvalue weighted by atomic mass is 31.2. The quantitative estimate of drug-likeness (QED) is 0.0243. The van der Waals surface area contributed by atoms with Crippen molar-refractivity contribution in [3.05, 3.63) is 97.2 Å². The molecule has 84 heavy (non-hydrogen) atoms. The standard InChI is InChI=1S/C75H137N2O6P/c1-6-8-10-12-14-16-18-20-22-24-26-28-30-32-34-36-38-40-42-44-46-48-50-52-54-56-58-60-62-64-66-68-74(78)73(72-83-84(80,81)82-71-70-77(3,4)5)76-75(79)69-67-65-63-61-59-57-55-53-51-49-47-45-43-41-39-37-35-33-31-29-27-25-23-21-19-17-15-13-11-9-7-2/h9,11,15,17,21,23,27,29,33,35,39,41,45,47,66,68,73-74,78H,6-8,10,12-14,16,18-20,22,24-26,28,30-32,34,36-38,40,42-44,46,48-65,67,69-72H2,1-5H3,(H-,76,79,80,81)/p+1/b11-9-,17-15-,23-21-,29-27-,35-33-,41-39-,47-45-,68-66+. The highest BCUT2D eigenvalue weighted by Crippen LogP contribution is 2.43. The van der Waals surface area contributed by atoms with Crippen LogP contribution in [0, 0.1) is 0 Å². The molecule has 1 amide bonds. The molecule has 0 saturated carbocycles. The summed E-state index contributed by atoms with van der Waals surface area (Å²) < 4.78 is 23.8. The molecule has 0 saturated heterocycles. The number of aliphatic hydroxyl groups is 1. The normalized spacial score (nSPS) is 14.2.